The molecule has 1 aliphatic heterocycles. The first-order valence-electron chi connectivity index (χ1n) is 9.84. The van der Waals surface area contributed by atoms with Crippen molar-refractivity contribution in [2.75, 3.05) is 43.5 Å². The van der Waals surface area contributed by atoms with Crippen LogP contribution >= 0.6 is 24.8 Å². The zero-order valence-corrected chi connectivity index (χ0v) is 19.1. The van der Waals surface area contributed by atoms with Gasteiger partial charge in [-0.05, 0) is 29.8 Å². The van der Waals surface area contributed by atoms with Gasteiger partial charge in [0.1, 0.15) is 0 Å². The first-order valence-corrected chi connectivity index (χ1v) is 9.84. The normalized spacial score (nSPS) is 15.5. The molecule has 0 aliphatic carbocycles. The molecule has 0 radical (unpaired) electrons. The molecule has 1 heterocycles. The molecular weight excluding hydrogens is 439 g/mol. The van der Waals surface area contributed by atoms with Gasteiger partial charge in [0.05, 0.1) is 25.7 Å². The van der Waals surface area contributed by atoms with Gasteiger partial charge in [0.2, 0.25) is 11.8 Å². The molecule has 0 bridgehead atoms. The molecule has 0 aromatic heterocycles. The van der Waals surface area contributed by atoms with Gasteiger partial charge in [-0.15, -0.1) is 24.8 Å². The Hall–Kier alpha value is -2.16. The van der Waals surface area contributed by atoms with Gasteiger partial charge in [-0.3, -0.25) is 14.5 Å². The highest BCUT2D eigenvalue weighted by Gasteiger charge is 2.22. The standard InChI is InChI=1S/C22H28N4O3.2ClH/c1-16(21(23)17-5-3-2-4-6-17)22(28)25-19-9-7-18(8-10-19)24-20(27)15-26-11-13-29-14-12-26;;/h2-10,16,21H,11-15,23H2,1H3,(H,24,27)(H,25,28);2*1H. The topological polar surface area (TPSA) is 96.7 Å². The van der Waals surface area contributed by atoms with E-state index in [0.717, 1.165) is 18.7 Å². The van der Waals surface area contributed by atoms with Gasteiger partial charge >= 0.3 is 0 Å². The van der Waals surface area contributed by atoms with Crippen LogP contribution in [-0.4, -0.2) is 49.6 Å². The van der Waals surface area contributed by atoms with Crippen molar-refractivity contribution >= 4 is 48.0 Å². The lowest BCUT2D eigenvalue weighted by Crippen LogP contribution is -2.41. The number of benzene rings is 2. The van der Waals surface area contributed by atoms with E-state index < -0.39 is 0 Å². The van der Waals surface area contributed by atoms with Gasteiger partial charge in [-0.1, -0.05) is 37.3 Å². The lowest BCUT2D eigenvalue weighted by atomic mass is 9.94. The van der Waals surface area contributed by atoms with Gasteiger partial charge < -0.3 is 21.1 Å². The molecule has 3 rings (SSSR count). The van der Waals surface area contributed by atoms with E-state index in [9.17, 15) is 9.59 Å². The number of hydrogen-bond acceptors (Lipinski definition) is 5. The maximum absolute atomic E-state index is 12.5. The molecule has 2 amide bonds. The molecule has 1 saturated heterocycles. The molecule has 170 valence electrons. The lowest BCUT2D eigenvalue weighted by Gasteiger charge is -2.25. The minimum atomic E-state index is -0.384. The Kier molecular flexibility index (Phi) is 11.5. The van der Waals surface area contributed by atoms with E-state index in [-0.39, 0.29) is 48.6 Å². The number of nitrogens with one attached hydrogen (secondary N) is 2. The van der Waals surface area contributed by atoms with Gasteiger partial charge in [-0.25, -0.2) is 0 Å². The molecule has 2 aromatic rings. The van der Waals surface area contributed by atoms with Crippen molar-refractivity contribution < 1.29 is 14.3 Å². The molecule has 7 nitrogen and oxygen atoms in total. The predicted octanol–water partition coefficient (Wildman–Crippen LogP) is 3.08. The Balaban J connectivity index is 0.00000240. The molecule has 0 spiro atoms. The fourth-order valence-electron chi connectivity index (χ4n) is 3.18. The van der Waals surface area contributed by atoms with Crippen LogP contribution in [0.1, 0.15) is 18.5 Å². The van der Waals surface area contributed by atoms with E-state index in [4.69, 9.17) is 10.5 Å². The van der Waals surface area contributed by atoms with Crippen molar-refractivity contribution in [3.05, 3.63) is 60.2 Å². The summed E-state index contributed by atoms with van der Waals surface area (Å²) in [5.41, 5.74) is 8.50. The number of anilines is 2. The van der Waals surface area contributed by atoms with Crippen molar-refractivity contribution in [1.29, 1.82) is 0 Å². The third kappa shape index (κ3) is 8.12. The number of halogens is 2. The van der Waals surface area contributed by atoms with Crippen LogP contribution in [0.3, 0.4) is 0 Å². The van der Waals surface area contributed by atoms with Crippen LogP contribution in [0.15, 0.2) is 54.6 Å². The molecule has 0 saturated carbocycles. The number of amides is 2. The third-order valence-corrected chi connectivity index (χ3v) is 5.04. The van der Waals surface area contributed by atoms with Gasteiger partial charge in [0.25, 0.3) is 0 Å². The highest BCUT2D eigenvalue weighted by molar-refractivity contribution is 5.94. The molecule has 9 heteroatoms. The number of rotatable bonds is 7. The largest absolute Gasteiger partial charge is 0.379 e. The first-order chi connectivity index (χ1) is 14.0. The molecule has 2 unspecified atom stereocenters. The van der Waals surface area contributed by atoms with E-state index in [1.807, 2.05) is 37.3 Å². The number of nitrogens with two attached hydrogens (primary N) is 1. The summed E-state index contributed by atoms with van der Waals surface area (Å²) < 4.78 is 5.29. The molecule has 1 fully saturated rings. The van der Waals surface area contributed by atoms with Crippen molar-refractivity contribution in [2.45, 2.75) is 13.0 Å². The second-order valence-electron chi connectivity index (χ2n) is 7.23. The Morgan fingerprint density at radius 2 is 1.52 bits per heavy atom. The summed E-state index contributed by atoms with van der Waals surface area (Å²) in [6.07, 6.45) is 0. The smallest absolute Gasteiger partial charge is 0.238 e. The molecule has 4 N–H and O–H groups in total. The number of morpholine rings is 1. The number of ether oxygens (including phenoxy) is 1. The van der Waals surface area contributed by atoms with Crippen LogP contribution in [0.5, 0.6) is 0 Å². The predicted molar refractivity (Wildman–Crippen MR) is 128 cm³/mol. The first kappa shape index (κ1) is 26.9. The Morgan fingerprint density at radius 3 is 2.10 bits per heavy atom. The summed E-state index contributed by atoms with van der Waals surface area (Å²) >= 11 is 0. The fraction of sp³-hybridized carbons (Fsp3) is 0.364. The van der Waals surface area contributed by atoms with Crippen molar-refractivity contribution in [3.8, 4) is 0 Å². The van der Waals surface area contributed by atoms with E-state index in [2.05, 4.69) is 15.5 Å². The van der Waals surface area contributed by atoms with Crippen LogP contribution in [-0.2, 0) is 14.3 Å². The van der Waals surface area contributed by atoms with Crippen LogP contribution in [0, 0.1) is 5.92 Å². The van der Waals surface area contributed by atoms with Gasteiger partial charge in [0, 0.05) is 30.5 Å². The minimum Gasteiger partial charge on any atom is -0.379 e. The minimum absolute atomic E-state index is 0. The SMILES string of the molecule is CC(C(=O)Nc1ccc(NC(=O)CN2CCOCC2)cc1)C(N)c1ccccc1.Cl.Cl. The average Bonchev–Trinajstić information content (AvgIpc) is 2.75. The molecule has 2 aromatic carbocycles. The molecule has 2 atom stereocenters. The van der Waals surface area contributed by atoms with E-state index >= 15 is 0 Å². The van der Waals surface area contributed by atoms with Crippen LogP contribution in [0.25, 0.3) is 0 Å². The highest BCUT2D eigenvalue weighted by Crippen LogP contribution is 2.21. The Morgan fingerprint density at radius 1 is 0.968 bits per heavy atom. The van der Waals surface area contributed by atoms with E-state index in [1.165, 1.54) is 0 Å². The number of carbonyl (C=O) groups is 2. The number of carbonyl (C=O) groups excluding carboxylic acids is 2. The average molecular weight is 469 g/mol. The Labute approximate surface area is 195 Å². The van der Waals surface area contributed by atoms with Crippen LogP contribution in [0.4, 0.5) is 11.4 Å². The molecular formula is C22H30Cl2N4O3. The lowest BCUT2D eigenvalue weighted by molar-refractivity contribution is -0.120. The molecule has 1 aliphatic rings. The summed E-state index contributed by atoms with van der Waals surface area (Å²) in [4.78, 5) is 26.8. The zero-order chi connectivity index (χ0) is 20.6. The van der Waals surface area contributed by atoms with Gasteiger partial charge in [0.15, 0.2) is 0 Å². The second-order valence-corrected chi connectivity index (χ2v) is 7.23. The maximum atomic E-state index is 12.5. The fourth-order valence-corrected chi connectivity index (χ4v) is 3.18. The monoisotopic (exact) mass is 468 g/mol. The molecule has 31 heavy (non-hydrogen) atoms. The van der Waals surface area contributed by atoms with Crippen LogP contribution < -0.4 is 16.4 Å². The van der Waals surface area contributed by atoms with Crippen molar-refractivity contribution in [2.24, 2.45) is 11.7 Å². The van der Waals surface area contributed by atoms with Crippen LogP contribution in [0.2, 0.25) is 0 Å². The second kappa shape index (κ2) is 13.3. The van der Waals surface area contributed by atoms with Gasteiger partial charge in [-0.2, -0.15) is 0 Å². The quantitative estimate of drug-likeness (QED) is 0.579. The summed E-state index contributed by atoms with van der Waals surface area (Å²) in [6.45, 7) is 5.01. The van der Waals surface area contributed by atoms with E-state index in [0.29, 0.717) is 31.1 Å². The third-order valence-electron chi connectivity index (χ3n) is 5.04. The maximum Gasteiger partial charge on any atom is 0.238 e. The van der Waals surface area contributed by atoms with E-state index in [1.54, 1.807) is 24.3 Å². The Bertz CT molecular complexity index is 815. The number of hydrogen-bond donors (Lipinski definition) is 3. The summed E-state index contributed by atoms with van der Waals surface area (Å²) in [6, 6.07) is 16.3. The zero-order valence-electron chi connectivity index (χ0n) is 17.5. The van der Waals surface area contributed by atoms with Crippen molar-refractivity contribution in [3.63, 3.8) is 0 Å². The summed E-state index contributed by atoms with van der Waals surface area (Å²) in [7, 11) is 0. The number of nitrogens with zero attached hydrogens (tertiary/aromatic N) is 1. The van der Waals surface area contributed by atoms with Crippen molar-refractivity contribution in [1.82, 2.24) is 4.90 Å². The highest BCUT2D eigenvalue weighted by atomic mass is 35.5. The summed E-state index contributed by atoms with van der Waals surface area (Å²) in [5, 5.41) is 5.76. The summed E-state index contributed by atoms with van der Waals surface area (Å²) in [5.74, 6) is -0.595.